The van der Waals surface area contributed by atoms with Crippen molar-refractivity contribution < 1.29 is 17.4 Å². The van der Waals surface area contributed by atoms with E-state index < -0.39 is 16.3 Å². The van der Waals surface area contributed by atoms with Gasteiger partial charge in [0, 0.05) is 10.6 Å². The van der Waals surface area contributed by atoms with Gasteiger partial charge in [-0.3, -0.25) is 0 Å². The van der Waals surface area contributed by atoms with Crippen LogP contribution < -0.4 is 5.73 Å². The van der Waals surface area contributed by atoms with Crippen molar-refractivity contribution >= 4 is 16.5 Å². The first-order valence-electron chi connectivity index (χ1n) is 3.67. The number of alkyl halides is 3. The Balaban J connectivity index is 3.10. The van der Waals surface area contributed by atoms with Crippen LogP contribution >= 0.6 is 0 Å². The van der Waals surface area contributed by atoms with Crippen molar-refractivity contribution in [2.45, 2.75) is 17.3 Å². The van der Waals surface area contributed by atoms with Gasteiger partial charge < -0.3 is 5.73 Å². The molecule has 0 bridgehead atoms. The molecule has 1 unspecified atom stereocenters. The smallest absolute Gasteiger partial charge is 0.399 e. The van der Waals surface area contributed by atoms with Gasteiger partial charge in [-0.25, -0.2) is 4.21 Å². The van der Waals surface area contributed by atoms with Crippen LogP contribution in [0, 0.1) is 6.92 Å². The molecule has 1 aromatic rings. The summed E-state index contributed by atoms with van der Waals surface area (Å²) in [5.74, 6) is 0. The fraction of sp³-hybridized carbons (Fsp3) is 0.250. The fourth-order valence-electron chi connectivity index (χ4n) is 0.897. The van der Waals surface area contributed by atoms with Gasteiger partial charge in [-0.2, -0.15) is 13.2 Å². The van der Waals surface area contributed by atoms with E-state index in [2.05, 4.69) is 0 Å². The van der Waals surface area contributed by atoms with Crippen molar-refractivity contribution in [1.82, 2.24) is 0 Å². The van der Waals surface area contributed by atoms with Crippen molar-refractivity contribution in [3.8, 4) is 0 Å². The van der Waals surface area contributed by atoms with Crippen LogP contribution in [0.3, 0.4) is 0 Å². The molecule has 2 nitrogen and oxygen atoms in total. The lowest BCUT2D eigenvalue weighted by molar-refractivity contribution is -0.0384. The first-order chi connectivity index (χ1) is 6.32. The van der Waals surface area contributed by atoms with Crippen molar-refractivity contribution in [3.05, 3.63) is 23.8 Å². The van der Waals surface area contributed by atoms with Gasteiger partial charge in [0.15, 0.2) is 10.8 Å². The van der Waals surface area contributed by atoms with Crippen LogP contribution in [0.25, 0.3) is 0 Å². The number of nitrogen functional groups attached to an aromatic ring is 1. The summed E-state index contributed by atoms with van der Waals surface area (Å²) in [6.45, 7) is 1.56. The number of halogens is 3. The van der Waals surface area contributed by atoms with Crippen molar-refractivity contribution in [2.24, 2.45) is 0 Å². The average molecular weight is 223 g/mol. The predicted octanol–water partition coefficient (Wildman–Crippen LogP) is 2.20. The van der Waals surface area contributed by atoms with Gasteiger partial charge in [-0.1, -0.05) is 0 Å². The Labute approximate surface area is 81.4 Å². The summed E-state index contributed by atoms with van der Waals surface area (Å²) in [5.41, 5.74) is 1.57. The molecule has 0 saturated heterocycles. The molecular weight excluding hydrogens is 215 g/mol. The Kier molecular flexibility index (Phi) is 2.84. The SMILES string of the molecule is Cc1cc(S(=O)C(F)(F)F)ccc1N. The van der Waals surface area contributed by atoms with Gasteiger partial charge in [-0.05, 0) is 30.7 Å². The zero-order valence-electron chi connectivity index (χ0n) is 7.26. The van der Waals surface area contributed by atoms with E-state index in [4.69, 9.17) is 5.73 Å². The van der Waals surface area contributed by atoms with E-state index >= 15 is 0 Å². The number of hydrogen-bond acceptors (Lipinski definition) is 2. The molecule has 0 aromatic heterocycles. The molecule has 0 aliphatic rings. The summed E-state index contributed by atoms with van der Waals surface area (Å²) in [4.78, 5) is -0.274. The van der Waals surface area contributed by atoms with Crippen LogP contribution in [0.15, 0.2) is 23.1 Å². The maximum absolute atomic E-state index is 12.0. The monoisotopic (exact) mass is 223 g/mol. The summed E-state index contributed by atoms with van der Waals surface area (Å²) >= 11 is 0. The highest BCUT2D eigenvalue weighted by molar-refractivity contribution is 7.86. The van der Waals surface area contributed by atoms with Crippen molar-refractivity contribution in [3.63, 3.8) is 0 Å². The van der Waals surface area contributed by atoms with Gasteiger partial charge in [-0.15, -0.1) is 0 Å². The van der Waals surface area contributed by atoms with E-state index in [0.717, 1.165) is 6.07 Å². The quantitative estimate of drug-likeness (QED) is 0.742. The number of aryl methyl sites for hydroxylation is 1. The molecule has 0 fully saturated rings. The number of nitrogens with two attached hydrogens (primary N) is 1. The van der Waals surface area contributed by atoms with E-state index in [-0.39, 0.29) is 4.90 Å². The maximum atomic E-state index is 12.0. The molecule has 1 aromatic carbocycles. The van der Waals surface area contributed by atoms with Gasteiger partial charge in [0.05, 0.1) is 0 Å². The highest BCUT2D eigenvalue weighted by Gasteiger charge is 2.37. The minimum absolute atomic E-state index is 0.274. The second kappa shape index (κ2) is 3.61. The molecule has 14 heavy (non-hydrogen) atoms. The Hall–Kier alpha value is -1.04. The zero-order valence-corrected chi connectivity index (χ0v) is 8.08. The molecule has 0 amide bonds. The molecule has 1 atom stereocenters. The topological polar surface area (TPSA) is 43.1 Å². The molecule has 2 N–H and O–H groups in total. The Morgan fingerprint density at radius 1 is 1.36 bits per heavy atom. The molecular formula is C8H8F3NOS. The zero-order chi connectivity index (χ0) is 10.9. The lowest BCUT2D eigenvalue weighted by atomic mass is 10.2. The van der Waals surface area contributed by atoms with E-state index in [1.807, 2.05) is 0 Å². The fourth-order valence-corrected chi connectivity index (χ4v) is 1.64. The number of benzene rings is 1. The highest BCUT2D eigenvalue weighted by Crippen LogP contribution is 2.27. The van der Waals surface area contributed by atoms with Crippen molar-refractivity contribution in [2.75, 3.05) is 5.73 Å². The number of anilines is 1. The molecule has 0 spiro atoms. The summed E-state index contributed by atoms with van der Waals surface area (Å²) in [5, 5.41) is 0. The molecule has 0 heterocycles. The molecule has 1 rings (SSSR count). The molecule has 78 valence electrons. The molecule has 0 aliphatic carbocycles. The van der Waals surface area contributed by atoms with E-state index in [1.54, 1.807) is 6.92 Å². The molecule has 0 saturated carbocycles. The Bertz CT molecular complexity index is 375. The summed E-state index contributed by atoms with van der Waals surface area (Å²) in [6, 6.07) is 3.61. The Morgan fingerprint density at radius 2 is 1.93 bits per heavy atom. The standard InChI is InChI=1S/C8H8F3NOS/c1-5-4-6(2-3-7(5)12)14(13)8(9,10)11/h2-4H,12H2,1H3. The predicted molar refractivity (Wildman–Crippen MR) is 48.1 cm³/mol. The number of hydrogen-bond donors (Lipinski definition) is 1. The third-order valence-electron chi connectivity index (χ3n) is 1.67. The van der Waals surface area contributed by atoms with Crippen LogP contribution in [0.1, 0.15) is 5.56 Å². The van der Waals surface area contributed by atoms with E-state index in [0.29, 0.717) is 11.3 Å². The molecule has 0 aliphatic heterocycles. The first-order valence-corrected chi connectivity index (χ1v) is 4.82. The van der Waals surface area contributed by atoms with Crippen LogP contribution in [-0.2, 0) is 10.8 Å². The van der Waals surface area contributed by atoms with Crippen LogP contribution in [0.4, 0.5) is 18.9 Å². The Morgan fingerprint density at radius 3 is 2.36 bits per heavy atom. The summed E-state index contributed by atoms with van der Waals surface area (Å²) in [6.07, 6.45) is 0. The third kappa shape index (κ3) is 2.25. The second-order valence-corrected chi connectivity index (χ2v) is 4.20. The summed E-state index contributed by atoms with van der Waals surface area (Å²) < 4.78 is 47.0. The van der Waals surface area contributed by atoms with Crippen LogP contribution in [0.2, 0.25) is 0 Å². The maximum Gasteiger partial charge on any atom is 0.475 e. The largest absolute Gasteiger partial charge is 0.475 e. The highest BCUT2D eigenvalue weighted by atomic mass is 32.2. The number of rotatable bonds is 1. The minimum Gasteiger partial charge on any atom is -0.399 e. The van der Waals surface area contributed by atoms with Gasteiger partial charge >= 0.3 is 5.51 Å². The van der Waals surface area contributed by atoms with Crippen molar-refractivity contribution in [1.29, 1.82) is 0 Å². The summed E-state index contributed by atoms with van der Waals surface area (Å²) in [7, 11) is -2.97. The van der Waals surface area contributed by atoms with Gasteiger partial charge in [0.1, 0.15) is 0 Å². The van der Waals surface area contributed by atoms with E-state index in [1.165, 1.54) is 12.1 Å². The van der Waals surface area contributed by atoms with Crippen LogP contribution in [0.5, 0.6) is 0 Å². The van der Waals surface area contributed by atoms with Crippen LogP contribution in [-0.4, -0.2) is 9.72 Å². The molecule has 6 heteroatoms. The minimum atomic E-state index is -4.72. The normalized spacial score (nSPS) is 14.0. The third-order valence-corrected chi connectivity index (χ3v) is 2.77. The van der Waals surface area contributed by atoms with Gasteiger partial charge in [0.25, 0.3) is 0 Å². The van der Waals surface area contributed by atoms with Gasteiger partial charge in [0.2, 0.25) is 0 Å². The molecule has 0 radical (unpaired) electrons. The first kappa shape index (κ1) is 11.0. The van der Waals surface area contributed by atoms with E-state index in [9.17, 15) is 17.4 Å². The lowest BCUT2D eigenvalue weighted by Crippen LogP contribution is -2.16. The average Bonchev–Trinajstić information content (AvgIpc) is 2.07. The lowest BCUT2D eigenvalue weighted by Gasteiger charge is -2.07. The second-order valence-electron chi connectivity index (χ2n) is 2.73.